The molecule has 1 amide bonds. The van der Waals surface area contributed by atoms with Crippen LogP contribution in [0.3, 0.4) is 0 Å². The van der Waals surface area contributed by atoms with Gasteiger partial charge >= 0.3 is 6.09 Å². The Labute approximate surface area is 130 Å². The normalized spacial score (nSPS) is 26.4. The molecule has 1 aromatic rings. The number of methoxy groups -OCH3 is 1. The molecule has 2 atom stereocenters. The van der Waals surface area contributed by atoms with Gasteiger partial charge in [-0.3, -0.25) is 9.69 Å². The van der Waals surface area contributed by atoms with Gasteiger partial charge < -0.3 is 9.47 Å². The molecule has 1 heterocycles. The predicted molar refractivity (Wildman–Crippen MR) is 81.9 cm³/mol. The summed E-state index contributed by atoms with van der Waals surface area (Å²) in [7, 11) is 1.53. The molecular formula is C17H21NO4. The van der Waals surface area contributed by atoms with Gasteiger partial charge in [0.1, 0.15) is 11.8 Å². The lowest BCUT2D eigenvalue weighted by Crippen LogP contribution is -2.34. The summed E-state index contributed by atoms with van der Waals surface area (Å²) in [5, 5.41) is 0. The SMILES string of the molecule is COC1OC(=O)N(c2ccc(C3CCC(=O)CC3)cc2)[C@@H]1C. The minimum atomic E-state index is -0.531. The molecule has 0 radical (unpaired) electrons. The van der Waals surface area contributed by atoms with Crippen LogP contribution in [-0.2, 0) is 14.3 Å². The Kier molecular flexibility index (Phi) is 4.16. The van der Waals surface area contributed by atoms with Gasteiger partial charge in [-0.25, -0.2) is 4.79 Å². The van der Waals surface area contributed by atoms with Crippen LogP contribution in [0.4, 0.5) is 10.5 Å². The number of ether oxygens (including phenoxy) is 2. The second-order valence-corrected chi connectivity index (χ2v) is 6.00. The minimum absolute atomic E-state index is 0.157. The van der Waals surface area contributed by atoms with Crippen LogP contribution in [0, 0.1) is 0 Å². The van der Waals surface area contributed by atoms with Crippen LogP contribution in [0.15, 0.2) is 24.3 Å². The fourth-order valence-electron chi connectivity index (χ4n) is 3.31. The molecule has 0 N–H and O–H groups in total. The Bertz CT molecular complexity index is 559. The molecule has 1 aromatic carbocycles. The third kappa shape index (κ3) is 2.73. The monoisotopic (exact) mass is 303 g/mol. The molecule has 3 rings (SSSR count). The van der Waals surface area contributed by atoms with Crippen molar-refractivity contribution in [1.29, 1.82) is 0 Å². The Balaban J connectivity index is 1.74. The maximum atomic E-state index is 12.0. The smallest absolute Gasteiger partial charge is 0.417 e. The first-order chi connectivity index (χ1) is 10.6. The van der Waals surface area contributed by atoms with Gasteiger partial charge in [0.2, 0.25) is 6.29 Å². The lowest BCUT2D eigenvalue weighted by molar-refractivity contribution is -0.120. The van der Waals surface area contributed by atoms with E-state index in [2.05, 4.69) is 12.1 Å². The van der Waals surface area contributed by atoms with Gasteiger partial charge in [-0.2, -0.15) is 0 Å². The van der Waals surface area contributed by atoms with E-state index in [1.807, 2.05) is 19.1 Å². The summed E-state index contributed by atoms with van der Waals surface area (Å²) in [6.45, 7) is 1.90. The van der Waals surface area contributed by atoms with Crippen LogP contribution in [0.2, 0.25) is 0 Å². The number of nitrogens with zero attached hydrogens (tertiary/aromatic N) is 1. The third-order valence-electron chi connectivity index (χ3n) is 4.63. The fourth-order valence-corrected chi connectivity index (χ4v) is 3.31. The highest BCUT2D eigenvalue weighted by Gasteiger charge is 2.39. The Morgan fingerprint density at radius 2 is 1.77 bits per heavy atom. The number of ketones is 1. The van der Waals surface area contributed by atoms with Crippen molar-refractivity contribution in [1.82, 2.24) is 0 Å². The first-order valence-electron chi connectivity index (χ1n) is 7.74. The minimum Gasteiger partial charge on any atom is -0.417 e. The van der Waals surface area contributed by atoms with Crippen molar-refractivity contribution in [3.8, 4) is 0 Å². The van der Waals surface area contributed by atoms with E-state index in [1.165, 1.54) is 12.7 Å². The first kappa shape index (κ1) is 15.0. The van der Waals surface area contributed by atoms with Gasteiger partial charge in [0, 0.05) is 25.6 Å². The average Bonchev–Trinajstić information content (AvgIpc) is 2.82. The van der Waals surface area contributed by atoms with E-state index < -0.39 is 6.29 Å². The summed E-state index contributed by atoms with van der Waals surface area (Å²) in [5.74, 6) is 0.813. The lowest BCUT2D eigenvalue weighted by Gasteiger charge is -2.23. The van der Waals surface area contributed by atoms with E-state index >= 15 is 0 Å². The zero-order valence-electron chi connectivity index (χ0n) is 13.0. The number of cyclic esters (lactones) is 1. The number of benzene rings is 1. The molecule has 118 valence electrons. The van der Waals surface area contributed by atoms with Gasteiger partial charge in [-0.05, 0) is 43.4 Å². The molecule has 0 spiro atoms. The van der Waals surface area contributed by atoms with Gasteiger partial charge in [-0.15, -0.1) is 0 Å². The van der Waals surface area contributed by atoms with Crippen molar-refractivity contribution in [2.75, 3.05) is 12.0 Å². The largest absolute Gasteiger partial charge is 0.417 e. The zero-order valence-corrected chi connectivity index (χ0v) is 13.0. The number of amides is 1. The van der Waals surface area contributed by atoms with Crippen LogP contribution >= 0.6 is 0 Å². The number of carbonyl (C=O) groups is 2. The summed E-state index contributed by atoms with van der Waals surface area (Å²) < 4.78 is 10.3. The topological polar surface area (TPSA) is 55.8 Å². The van der Waals surface area contributed by atoms with E-state index in [-0.39, 0.29) is 12.1 Å². The van der Waals surface area contributed by atoms with Gasteiger partial charge in [0.15, 0.2) is 0 Å². The van der Waals surface area contributed by atoms with Crippen LogP contribution in [-0.4, -0.2) is 31.3 Å². The molecule has 2 aliphatic rings. The Morgan fingerprint density at radius 3 is 2.32 bits per heavy atom. The Morgan fingerprint density at radius 1 is 1.14 bits per heavy atom. The van der Waals surface area contributed by atoms with Crippen LogP contribution in [0.25, 0.3) is 0 Å². The molecular weight excluding hydrogens is 282 g/mol. The van der Waals surface area contributed by atoms with Gasteiger partial charge in [0.05, 0.1) is 0 Å². The number of hydrogen-bond acceptors (Lipinski definition) is 4. The summed E-state index contributed by atoms with van der Waals surface area (Å²) in [6.07, 6.45) is 2.29. The van der Waals surface area contributed by atoms with Crippen LogP contribution in [0.1, 0.15) is 44.1 Å². The van der Waals surface area contributed by atoms with Crippen molar-refractivity contribution in [2.45, 2.75) is 50.9 Å². The molecule has 2 fully saturated rings. The van der Waals surface area contributed by atoms with Crippen molar-refractivity contribution in [3.63, 3.8) is 0 Å². The van der Waals surface area contributed by atoms with E-state index in [0.717, 1.165) is 18.5 Å². The second-order valence-electron chi connectivity index (χ2n) is 6.00. The Hall–Kier alpha value is -1.88. The number of carbonyl (C=O) groups excluding carboxylic acids is 2. The maximum absolute atomic E-state index is 12.0. The highest BCUT2D eigenvalue weighted by molar-refractivity contribution is 5.90. The second kappa shape index (κ2) is 6.08. The first-order valence-corrected chi connectivity index (χ1v) is 7.74. The molecule has 22 heavy (non-hydrogen) atoms. The molecule has 1 unspecified atom stereocenters. The average molecular weight is 303 g/mol. The molecule has 5 nitrogen and oxygen atoms in total. The number of hydrogen-bond donors (Lipinski definition) is 0. The highest BCUT2D eigenvalue weighted by Crippen LogP contribution is 2.33. The molecule has 1 saturated carbocycles. The van der Waals surface area contributed by atoms with Gasteiger partial charge in [0.25, 0.3) is 0 Å². The van der Waals surface area contributed by atoms with Crippen LogP contribution in [0.5, 0.6) is 0 Å². The standard InChI is InChI=1S/C17H21NO4/c1-11-16(21-2)22-17(20)18(11)14-7-3-12(4-8-14)13-5-9-15(19)10-6-13/h3-4,7-8,11,13,16H,5-6,9-10H2,1-2H3/t11-,16?/m1/s1. The van der Waals surface area contributed by atoms with E-state index in [9.17, 15) is 9.59 Å². The van der Waals surface area contributed by atoms with E-state index in [1.54, 1.807) is 4.90 Å². The zero-order chi connectivity index (χ0) is 15.7. The lowest BCUT2D eigenvalue weighted by atomic mass is 9.83. The molecule has 0 bridgehead atoms. The molecule has 1 saturated heterocycles. The van der Waals surface area contributed by atoms with E-state index in [4.69, 9.17) is 9.47 Å². The summed E-state index contributed by atoms with van der Waals surface area (Å²) in [6, 6.07) is 7.84. The number of anilines is 1. The fraction of sp³-hybridized carbons (Fsp3) is 0.529. The van der Waals surface area contributed by atoms with Crippen molar-refractivity contribution >= 4 is 17.6 Å². The number of Topliss-reactive ketones (excluding diaryl/α,β-unsaturated/α-hetero) is 1. The van der Waals surface area contributed by atoms with Crippen molar-refractivity contribution in [2.24, 2.45) is 0 Å². The number of rotatable bonds is 3. The predicted octanol–water partition coefficient (Wildman–Crippen LogP) is 3.23. The van der Waals surface area contributed by atoms with Crippen LogP contribution < -0.4 is 4.90 Å². The van der Waals surface area contributed by atoms with E-state index in [0.29, 0.717) is 24.5 Å². The third-order valence-corrected chi connectivity index (χ3v) is 4.63. The summed E-state index contributed by atoms with van der Waals surface area (Å²) in [5.41, 5.74) is 2.05. The molecule has 0 aromatic heterocycles. The molecule has 1 aliphatic heterocycles. The van der Waals surface area contributed by atoms with Gasteiger partial charge in [-0.1, -0.05) is 12.1 Å². The quantitative estimate of drug-likeness (QED) is 0.860. The molecule has 5 heteroatoms. The maximum Gasteiger partial charge on any atom is 0.417 e. The summed E-state index contributed by atoms with van der Waals surface area (Å²) >= 11 is 0. The van der Waals surface area contributed by atoms with Crippen molar-refractivity contribution < 1.29 is 19.1 Å². The summed E-state index contributed by atoms with van der Waals surface area (Å²) in [4.78, 5) is 24.9. The van der Waals surface area contributed by atoms with Crippen molar-refractivity contribution in [3.05, 3.63) is 29.8 Å². The highest BCUT2D eigenvalue weighted by atomic mass is 16.7. The molecule has 1 aliphatic carbocycles.